The van der Waals surface area contributed by atoms with Crippen molar-refractivity contribution in [2.75, 3.05) is 13.3 Å². The number of nitrogens with zero attached hydrogens (tertiary/aromatic N) is 3. The molecule has 0 bridgehead atoms. The summed E-state index contributed by atoms with van der Waals surface area (Å²) in [5, 5.41) is 43.7. The van der Waals surface area contributed by atoms with Crippen molar-refractivity contribution in [2.45, 2.75) is 24.5 Å². The Balaban J connectivity index is 2.12. The van der Waals surface area contributed by atoms with Crippen molar-refractivity contribution in [3.63, 3.8) is 0 Å². The Morgan fingerprint density at radius 2 is 2.16 bits per heavy atom. The molecule has 2 saturated heterocycles. The first-order valence-corrected chi connectivity index (χ1v) is 5.44. The van der Waals surface area contributed by atoms with Gasteiger partial charge in [0, 0.05) is 0 Å². The molecule has 7 N–H and O–H groups in total. The lowest BCUT2D eigenvalue weighted by Crippen LogP contribution is -2.63. The Labute approximate surface area is 107 Å². The van der Waals surface area contributed by atoms with Gasteiger partial charge in [0.25, 0.3) is 0 Å². The van der Waals surface area contributed by atoms with Crippen molar-refractivity contribution in [3.05, 3.63) is 0 Å². The van der Waals surface area contributed by atoms with Gasteiger partial charge < -0.3 is 25.9 Å². The third-order valence-electron chi connectivity index (χ3n) is 2.96. The zero-order valence-electron chi connectivity index (χ0n) is 9.75. The minimum absolute atomic E-state index is 0.256. The topological polar surface area (TPSA) is 164 Å². The Bertz CT molecular complexity index is 392. The number of aliphatic hydroxyl groups is 3. The highest BCUT2D eigenvalue weighted by molar-refractivity contribution is 5.97. The second-order valence-electron chi connectivity index (χ2n) is 4.12. The van der Waals surface area contributed by atoms with Gasteiger partial charge in [-0.05, 0) is 0 Å². The number of hydrogen-bond acceptors (Lipinski definition) is 8. The second-order valence-corrected chi connectivity index (χ2v) is 4.12. The van der Waals surface area contributed by atoms with Crippen LogP contribution < -0.4 is 11.2 Å². The summed E-state index contributed by atoms with van der Waals surface area (Å²) in [6.45, 7) is -0.878. The average molecular weight is 277 g/mol. The van der Waals surface area contributed by atoms with Gasteiger partial charge in [-0.3, -0.25) is 15.4 Å². The fourth-order valence-electron chi connectivity index (χ4n) is 1.94. The van der Waals surface area contributed by atoms with Crippen molar-refractivity contribution in [1.29, 1.82) is 0 Å². The SMILES string of the molecule is N/N=C1\NC(=O)N([C@@H]2O[C@H](CO)[C@@H](O)[C@H]2O)CN1O. The van der Waals surface area contributed by atoms with Crippen LogP contribution in [0.1, 0.15) is 0 Å². The molecule has 19 heavy (non-hydrogen) atoms. The fourth-order valence-corrected chi connectivity index (χ4v) is 1.94. The van der Waals surface area contributed by atoms with Gasteiger partial charge in [-0.25, -0.2) is 9.86 Å². The van der Waals surface area contributed by atoms with Gasteiger partial charge in [0.1, 0.15) is 25.0 Å². The van der Waals surface area contributed by atoms with E-state index < -0.39 is 37.2 Å². The number of carbonyl (C=O) groups excluding carboxylic acids is 1. The Morgan fingerprint density at radius 1 is 1.47 bits per heavy atom. The molecule has 2 fully saturated rings. The number of hydroxylamine groups is 2. The number of hydrogen-bond donors (Lipinski definition) is 6. The van der Waals surface area contributed by atoms with Crippen LogP contribution in [0.3, 0.4) is 0 Å². The molecule has 2 amide bonds. The smallest absolute Gasteiger partial charge is 0.327 e. The highest BCUT2D eigenvalue weighted by atomic mass is 16.6. The average Bonchev–Trinajstić information content (AvgIpc) is 2.68. The molecule has 0 radical (unpaired) electrons. The fraction of sp³-hybridized carbons (Fsp3) is 0.750. The molecule has 2 rings (SSSR count). The third kappa shape index (κ3) is 2.29. The first-order chi connectivity index (χ1) is 8.99. The molecule has 2 aliphatic heterocycles. The van der Waals surface area contributed by atoms with Crippen LogP contribution in [0.2, 0.25) is 0 Å². The predicted molar refractivity (Wildman–Crippen MR) is 58.2 cm³/mol. The first kappa shape index (κ1) is 13.8. The van der Waals surface area contributed by atoms with Gasteiger partial charge in [-0.15, -0.1) is 5.10 Å². The van der Waals surface area contributed by atoms with Crippen molar-refractivity contribution >= 4 is 12.0 Å². The molecule has 0 saturated carbocycles. The lowest BCUT2D eigenvalue weighted by molar-refractivity contribution is -0.131. The maximum absolute atomic E-state index is 11.7. The van der Waals surface area contributed by atoms with Crippen molar-refractivity contribution in [1.82, 2.24) is 15.3 Å². The number of rotatable bonds is 2. The minimum atomic E-state index is -1.41. The van der Waals surface area contributed by atoms with E-state index in [-0.39, 0.29) is 12.6 Å². The molecule has 0 aromatic heterocycles. The van der Waals surface area contributed by atoms with E-state index in [1.165, 1.54) is 0 Å². The van der Waals surface area contributed by atoms with E-state index in [0.29, 0.717) is 5.06 Å². The van der Waals surface area contributed by atoms with Crippen LogP contribution in [0, 0.1) is 0 Å². The number of urea groups is 1. The number of ether oxygens (including phenoxy) is 1. The van der Waals surface area contributed by atoms with Crippen molar-refractivity contribution < 1.29 is 30.1 Å². The maximum Gasteiger partial charge on any atom is 0.327 e. The van der Waals surface area contributed by atoms with Gasteiger partial charge >= 0.3 is 6.03 Å². The van der Waals surface area contributed by atoms with Crippen LogP contribution in [0.25, 0.3) is 0 Å². The molecule has 2 aliphatic rings. The van der Waals surface area contributed by atoms with Crippen LogP contribution in [0.15, 0.2) is 5.10 Å². The molecule has 0 aliphatic carbocycles. The van der Waals surface area contributed by atoms with E-state index >= 15 is 0 Å². The van der Waals surface area contributed by atoms with E-state index in [1.54, 1.807) is 0 Å². The van der Waals surface area contributed by atoms with Gasteiger partial charge in [0.2, 0.25) is 5.96 Å². The summed E-state index contributed by atoms with van der Waals surface area (Å²) >= 11 is 0. The monoisotopic (exact) mass is 277 g/mol. The molecular weight excluding hydrogens is 262 g/mol. The normalized spacial score (nSPS) is 37.9. The molecule has 4 atom stereocenters. The van der Waals surface area contributed by atoms with Crippen LogP contribution in [0.4, 0.5) is 4.79 Å². The van der Waals surface area contributed by atoms with Crippen LogP contribution >= 0.6 is 0 Å². The summed E-state index contributed by atoms with van der Waals surface area (Å²) in [6, 6.07) is -0.718. The van der Waals surface area contributed by atoms with Crippen LogP contribution in [-0.4, -0.2) is 80.3 Å². The van der Waals surface area contributed by atoms with Gasteiger partial charge in [0.05, 0.1) is 6.61 Å². The van der Waals surface area contributed by atoms with Crippen LogP contribution in [-0.2, 0) is 4.74 Å². The lowest BCUT2D eigenvalue weighted by atomic mass is 10.1. The van der Waals surface area contributed by atoms with E-state index in [2.05, 4.69) is 10.4 Å². The van der Waals surface area contributed by atoms with Gasteiger partial charge in [0.15, 0.2) is 6.23 Å². The summed E-state index contributed by atoms with van der Waals surface area (Å²) < 4.78 is 5.17. The van der Waals surface area contributed by atoms with E-state index in [1.807, 2.05) is 0 Å². The second kappa shape index (κ2) is 5.14. The number of amides is 2. The number of guanidine groups is 1. The number of nitrogens with two attached hydrogens (primary N) is 1. The van der Waals surface area contributed by atoms with Crippen LogP contribution in [0.5, 0.6) is 0 Å². The first-order valence-electron chi connectivity index (χ1n) is 5.44. The quantitative estimate of drug-likeness (QED) is 0.222. The summed E-state index contributed by atoms with van der Waals surface area (Å²) in [5.74, 6) is 4.69. The Kier molecular flexibility index (Phi) is 3.73. The largest absolute Gasteiger partial charge is 0.394 e. The predicted octanol–water partition coefficient (Wildman–Crippen LogP) is -3.67. The number of carbonyl (C=O) groups is 1. The standard InChI is InChI=1S/C8H15N5O6/c9-11-7-10-8(17)12(2-13(7)18)6-5(16)4(15)3(1-14)19-6/h3-6,14-16,18H,1-2,9H2,(H,10,11,17)/t3-,4-,5-,6-/m1/s1. The molecule has 11 heteroatoms. The zero-order chi connectivity index (χ0) is 14.2. The zero-order valence-corrected chi connectivity index (χ0v) is 9.75. The van der Waals surface area contributed by atoms with E-state index in [4.69, 9.17) is 15.7 Å². The van der Waals surface area contributed by atoms with Crippen molar-refractivity contribution in [2.24, 2.45) is 10.9 Å². The molecule has 0 unspecified atom stereocenters. The highest BCUT2D eigenvalue weighted by Crippen LogP contribution is 2.25. The minimum Gasteiger partial charge on any atom is -0.394 e. The summed E-state index contributed by atoms with van der Waals surface area (Å²) in [6.07, 6.45) is -4.96. The molecule has 0 aromatic rings. The molecular formula is C8H15N5O6. The van der Waals surface area contributed by atoms with Gasteiger partial charge in [-0.2, -0.15) is 0 Å². The van der Waals surface area contributed by atoms with Gasteiger partial charge in [-0.1, -0.05) is 0 Å². The number of aliphatic hydroxyl groups excluding tert-OH is 3. The number of nitrogens with one attached hydrogen (secondary N) is 1. The highest BCUT2D eigenvalue weighted by Gasteiger charge is 2.48. The molecule has 0 aromatic carbocycles. The number of hydrazone groups is 1. The maximum atomic E-state index is 11.7. The molecule has 108 valence electrons. The Hall–Kier alpha value is -1.66. The molecule has 2 heterocycles. The summed E-state index contributed by atoms with van der Waals surface area (Å²) in [7, 11) is 0. The summed E-state index contributed by atoms with van der Waals surface area (Å²) in [5.41, 5.74) is 0. The molecule has 11 nitrogen and oxygen atoms in total. The third-order valence-corrected chi connectivity index (χ3v) is 2.96. The lowest BCUT2D eigenvalue weighted by Gasteiger charge is -2.37. The van der Waals surface area contributed by atoms with Crippen molar-refractivity contribution in [3.8, 4) is 0 Å². The molecule has 0 spiro atoms. The summed E-state index contributed by atoms with van der Waals surface area (Å²) in [4.78, 5) is 12.7. The van der Waals surface area contributed by atoms with E-state index in [9.17, 15) is 20.2 Å². The van der Waals surface area contributed by atoms with E-state index in [0.717, 1.165) is 4.90 Å². The Morgan fingerprint density at radius 3 is 2.68 bits per heavy atom.